The first-order chi connectivity index (χ1) is 10.8. The summed E-state index contributed by atoms with van der Waals surface area (Å²) < 4.78 is 0. The van der Waals surface area contributed by atoms with Crippen molar-refractivity contribution < 1.29 is 5.11 Å². The summed E-state index contributed by atoms with van der Waals surface area (Å²) in [6.07, 6.45) is 0. The molecule has 0 amide bonds. The Balaban J connectivity index is 2.03. The van der Waals surface area contributed by atoms with Gasteiger partial charge >= 0.3 is 0 Å². The van der Waals surface area contributed by atoms with Gasteiger partial charge in [0.25, 0.3) is 0 Å². The fraction of sp³-hybridized carbons (Fsp3) is 0. The van der Waals surface area contributed by atoms with E-state index in [0.29, 0.717) is 5.76 Å². The molecule has 108 valence electrons. The second-order valence-corrected chi connectivity index (χ2v) is 6.95. The van der Waals surface area contributed by atoms with Gasteiger partial charge in [0, 0.05) is 5.56 Å². The van der Waals surface area contributed by atoms with Crippen LogP contribution in [0.5, 0.6) is 0 Å². The van der Waals surface area contributed by atoms with Crippen LogP contribution >= 0.6 is 7.92 Å². The molecule has 3 aromatic carbocycles. The average molecular weight is 304 g/mol. The molecule has 22 heavy (non-hydrogen) atoms. The zero-order chi connectivity index (χ0) is 15.2. The van der Waals surface area contributed by atoms with Gasteiger partial charge in [0.1, 0.15) is 5.76 Å². The molecule has 0 bridgehead atoms. The molecule has 1 nitrogen and oxygen atoms in total. The minimum Gasteiger partial charge on any atom is -0.507 e. The van der Waals surface area contributed by atoms with E-state index in [4.69, 9.17) is 0 Å². The van der Waals surface area contributed by atoms with Crippen LogP contribution in [0, 0.1) is 0 Å². The molecule has 0 aromatic heterocycles. The maximum atomic E-state index is 10.5. The highest BCUT2D eigenvalue weighted by Crippen LogP contribution is 2.37. The third-order valence-electron chi connectivity index (χ3n) is 3.39. The maximum absolute atomic E-state index is 10.5. The van der Waals surface area contributed by atoms with Crippen molar-refractivity contribution in [3.05, 3.63) is 102 Å². The van der Waals surface area contributed by atoms with Crippen LogP contribution in [-0.2, 0) is 0 Å². The number of benzene rings is 3. The van der Waals surface area contributed by atoms with Gasteiger partial charge < -0.3 is 5.11 Å². The Labute approximate surface area is 132 Å². The van der Waals surface area contributed by atoms with Gasteiger partial charge in [-0.2, -0.15) is 0 Å². The van der Waals surface area contributed by atoms with Crippen molar-refractivity contribution >= 4 is 24.3 Å². The van der Waals surface area contributed by atoms with E-state index >= 15 is 0 Å². The summed E-state index contributed by atoms with van der Waals surface area (Å²) in [6.45, 7) is 0. The van der Waals surface area contributed by atoms with Crippen LogP contribution in [0.15, 0.2) is 96.8 Å². The van der Waals surface area contributed by atoms with Crippen molar-refractivity contribution in [2.45, 2.75) is 0 Å². The Morgan fingerprint density at radius 1 is 0.636 bits per heavy atom. The van der Waals surface area contributed by atoms with E-state index in [9.17, 15) is 5.11 Å². The molecule has 0 aliphatic carbocycles. The molecule has 0 fully saturated rings. The number of aliphatic hydroxyl groups excluding tert-OH is 1. The SMILES string of the molecule is O/C(=C\P(c1ccccc1)c1ccccc1)c1ccccc1. The number of hydrogen-bond acceptors (Lipinski definition) is 1. The fourth-order valence-corrected chi connectivity index (χ4v) is 4.26. The summed E-state index contributed by atoms with van der Waals surface area (Å²) in [5.74, 6) is 2.31. The Morgan fingerprint density at radius 3 is 1.50 bits per heavy atom. The minimum absolute atomic E-state index is 0.333. The van der Waals surface area contributed by atoms with Crippen molar-refractivity contribution in [1.29, 1.82) is 0 Å². The van der Waals surface area contributed by atoms with Gasteiger partial charge in [-0.05, 0) is 24.3 Å². The summed E-state index contributed by atoms with van der Waals surface area (Å²) in [5.41, 5.74) is 0.849. The van der Waals surface area contributed by atoms with E-state index in [0.717, 1.165) is 5.56 Å². The van der Waals surface area contributed by atoms with Gasteiger partial charge in [0.15, 0.2) is 0 Å². The largest absolute Gasteiger partial charge is 0.507 e. The molecule has 0 unspecified atom stereocenters. The Morgan fingerprint density at radius 2 is 1.05 bits per heavy atom. The van der Waals surface area contributed by atoms with E-state index in [1.165, 1.54) is 10.6 Å². The molecule has 2 heteroatoms. The predicted molar refractivity (Wildman–Crippen MR) is 96.1 cm³/mol. The van der Waals surface area contributed by atoms with Crippen LogP contribution in [-0.4, -0.2) is 5.11 Å². The second-order valence-electron chi connectivity index (χ2n) is 4.92. The second kappa shape index (κ2) is 7.06. The van der Waals surface area contributed by atoms with Crippen LogP contribution in [0.2, 0.25) is 0 Å². The molecule has 3 aromatic rings. The van der Waals surface area contributed by atoms with Crippen LogP contribution in [0.25, 0.3) is 5.76 Å². The quantitative estimate of drug-likeness (QED) is 0.548. The van der Waals surface area contributed by atoms with E-state index in [-0.39, 0.29) is 0 Å². The standard InChI is InChI=1S/C20H17OP/c21-20(17-10-4-1-5-11-17)16-22(18-12-6-2-7-13-18)19-14-8-3-9-15-19/h1-16,21H/b20-16-. The van der Waals surface area contributed by atoms with Crippen molar-refractivity contribution in [2.75, 3.05) is 0 Å². The van der Waals surface area contributed by atoms with E-state index in [1.54, 1.807) is 0 Å². The Hall–Kier alpha value is -2.37. The van der Waals surface area contributed by atoms with E-state index < -0.39 is 7.92 Å². The zero-order valence-corrected chi connectivity index (χ0v) is 13.0. The monoisotopic (exact) mass is 304 g/mol. The van der Waals surface area contributed by atoms with E-state index in [2.05, 4.69) is 24.3 Å². The fourth-order valence-electron chi connectivity index (χ4n) is 2.28. The van der Waals surface area contributed by atoms with Gasteiger partial charge in [0.05, 0.1) is 0 Å². The number of hydrogen-bond donors (Lipinski definition) is 1. The lowest BCUT2D eigenvalue weighted by atomic mass is 10.2. The highest BCUT2D eigenvalue weighted by Gasteiger charge is 2.12. The van der Waals surface area contributed by atoms with Gasteiger partial charge in [0.2, 0.25) is 0 Å². The molecule has 0 spiro atoms. The first-order valence-corrected chi connectivity index (χ1v) is 8.61. The zero-order valence-electron chi connectivity index (χ0n) is 12.1. The van der Waals surface area contributed by atoms with Crippen LogP contribution < -0.4 is 10.6 Å². The number of aliphatic hydroxyl groups is 1. The third-order valence-corrected chi connectivity index (χ3v) is 5.60. The van der Waals surface area contributed by atoms with Crippen molar-refractivity contribution in [3.63, 3.8) is 0 Å². The lowest BCUT2D eigenvalue weighted by Gasteiger charge is -2.15. The molecule has 0 saturated heterocycles. The van der Waals surface area contributed by atoms with Gasteiger partial charge in [-0.3, -0.25) is 0 Å². The summed E-state index contributed by atoms with van der Waals surface area (Å²) in [4.78, 5) is 0. The average Bonchev–Trinajstić information content (AvgIpc) is 2.62. The van der Waals surface area contributed by atoms with Gasteiger partial charge in [-0.15, -0.1) is 0 Å². The topological polar surface area (TPSA) is 20.2 Å². The molecule has 0 heterocycles. The Kier molecular flexibility index (Phi) is 4.68. The number of rotatable bonds is 4. The first kappa shape index (κ1) is 14.6. The molecular formula is C20H17OP. The molecule has 0 atom stereocenters. The summed E-state index contributed by atoms with van der Waals surface area (Å²) in [6, 6.07) is 30.4. The van der Waals surface area contributed by atoms with E-state index in [1.807, 2.05) is 72.5 Å². The first-order valence-electron chi connectivity index (χ1n) is 7.20. The summed E-state index contributed by atoms with van der Waals surface area (Å²) in [5, 5.41) is 12.9. The smallest absolute Gasteiger partial charge is 0.123 e. The molecule has 0 radical (unpaired) electrons. The molecular weight excluding hydrogens is 287 g/mol. The third kappa shape index (κ3) is 3.44. The molecule has 0 saturated carbocycles. The lowest BCUT2D eigenvalue weighted by Crippen LogP contribution is -2.09. The Bertz CT molecular complexity index is 697. The van der Waals surface area contributed by atoms with Crippen molar-refractivity contribution in [1.82, 2.24) is 0 Å². The molecule has 0 aliphatic rings. The summed E-state index contributed by atoms with van der Waals surface area (Å²) >= 11 is 0. The maximum Gasteiger partial charge on any atom is 0.123 e. The van der Waals surface area contributed by atoms with Gasteiger partial charge in [-0.25, -0.2) is 0 Å². The highest BCUT2D eigenvalue weighted by molar-refractivity contribution is 7.76. The summed E-state index contributed by atoms with van der Waals surface area (Å²) in [7, 11) is -0.726. The minimum atomic E-state index is -0.726. The van der Waals surface area contributed by atoms with Crippen LogP contribution in [0.1, 0.15) is 5.56 Å². The highest BCUT2D eigenvalue weighted by atomic mass is 31.1. The molecule has 0 aliphatic heterocycles. The lowest BCUT2D eigenvalue weighted by molar-refractivity contribution is 0.513. The normalized spacial score (nSPS) is 11.6. The molecule has 3 rings (SSSR count). The predicted octanol–water partition coefficient (Wildman–Crippen LogP) is 4.68. The van der Waals surface area contributed by atoms with Crippen LogP contribution in [0.4, 0.5) is 0 Å². The van der Waals surface area contributed by atoms with Gasteiger partial charge in [-0.1, -0.05) is 91.0 Å². The van der Waals surface area contributed by atoms with Crippen molar-refractivity contribution in [3.8, 4) is 0 Å². The molecule has 1 N–H and O–H groups in total. The van der Waals surface area contributed by atoms with Crippen molar-refractivity contribution in [2.24, 2.45) is 0 Å². The van der Waals surface area contributed by atoms with Crippen LogP contribution in [0.3, 0.4) is 0 Å².